The molecule has 1 N–H and O–H groups in total. The van der Waals surface area contributed by atoms with Crippen LogP contribution >= 0.6 is 15.9 Å². The number of aliphatic carboxylic acids is 1. The Bertz CT molecular complexity index is 439. The molecule has 0 saturated carbocycles. The van der Waals surface area contributed by atoms with E-state index >= 15 is 0 Å². The number of carboxylic acids is 1. The first-order valence-electron chi connectivity index (χ1n) is 4.90. The Balaban J connectivity index is 3.18. The molecule has 0 spiro atoms. The number of likely N-dealkylation sites (N-methyl/N-ethyl adjacent to an activating group) is 1. The van der Waals surface area contributed by atoms with Crippen molar-refractivity contribution in [2.75, 3.05) is 6.54 Å². The number of carbonyl (C=O) groups is 2. The van der Waals surface area contributed by atoms with E-state index in [1.807, 2.05) is 0 Å². The average molecular weight is 304 g/mol. The Morgan fingerprint density at radius 1 is 1.65 bits per heavy atom. The number of carbonyl (C=O) groups excluding carboxylic acids is 1. The summed E-state index contributed by atoms with van der Waals surface area (Å²) in [6.07, 6.45) is 0.468. The predicted molar refractivity (Wildman–Crippen MR) is 62.9 cm³/mol. The molecule has 0 bridgehead atoms. The van der Waals surface area contributed by atoms with Crippen LogP contribution in [0.4, 0.5) is 4.39 Å². The Kier molecular flexibility index (Phi) is 4.62. The molecule has 1 unspecified atom stereocenters. The summed E-state index contributed by atoms with van der Waals surface area (Å²) in [6, 6.07) is 2.77. The smallest absolute Gasteiger partial charge is 0.331 e. The Labute approximate surface area is 106 Å². The third-order valence-electron chi connectivity index (χ3n) is 2.33. The maximum atomic E-state index is 13.1. The quantitative estimate of drug-likeness (QED) is 0.848. The molecule has 1 aromatic carbocycles. The lowest BCUT2D eigenvalue weighted by atomic mass is 10.1. The summed E-state index contributed by atoms with van der Waals surface area (Å²) < 4.78 is 13.2. The molecule has 0 aliphatic rings. The second kappa shape index (κ2) is 5.77. The molecular formula is C11H11BrFNO3. The van der Waals surface area contributed by atoms with Gasteiger partial charge in [-0.15, -0.1) is 0 Å². The zero-order valence-electron chi connectivity index (χ0n) is 9.06. The fourth-order valence-electron chi connectivity index (χ4n) is 1.48. The molecule has 0 radical (unpaired) electrons. The monoisotopic (exact) mass is 303 g/mol. The molecule has 4 nitrogen and oxygen atoms in total. The summed E-state index contributed by atoms with van der Waals surface area (Å²) in [4.78, 5) is 23.1. The standard InChI is InChI=1S/C11H11BrFNO3/c1-2-14(6-15)10(11(16)17)7-3-4-9(13)8(12)5-7/h3-6,10H,2H2,1H3,(H,16,17). The van der Waals surface area contributed by atoms with Crippen molar-refractivity contribution in [3.63, 3.8) is 0 Å². The molecule has 0 heterocycles. The number of hydrogen-bond acceptors (Lipinski definition) is 2. The molecule has 1 atom stereocenters. The average Bonchev–Trinajstić information content (AvgIpc) is 2.29. The summed E-state index contributed by atoms with van der Waals surface area (Å²) in [6.45, 7) is 1.93. The zero-order valence-corrected chi connectivity index (χ0v) is 10.6. The van der Waals surface area contributed by atoms with Crippen LogP contribution in [0.3, 0.4) is 0 Å². The summed E-state index contributed by atoms with van der Waals surface area (Å²) in [7, 11) is 0. The fraction of sp³-hybridized carbons (Fsp3) is 0.273. The first-order valence-corrected chi connectivity index (χ1v) is 5.69. The minimum Gasteiger partial charge on any atom is -0.479 e. The number of nitrogens with zero attached hydrogens (tertiary/aromatic N) is 1. The predicted octanol–water partition coefficient (Wildman–Crippen LogP) is 2.19. The van der Waals surface area contributed by atoms with Gasteiger partial charge in [-0.05, 0) is 40.5 Å². The summed E-state index contributed by atoms with van der Waals surface area (Å²) >= 11 is 2.98. The van der Waals surface area contributed by atoms with Crippen molar-refractivity contribution in [1.29, 1.82) is 0 Å². The first kappa shape index (κ1) is 13.6. The van der Waals surface area contributed by atoms with Crippen molar-refractivity contribution in [3.8, 4) is 0 Å². The number of halogens is 2. The maximum Gasteiger partial charge on any atom is 0.331 e. The van der Waals surface area contributed by atoms with Gasteiger partial charge in [-0.1, -0.05) is 6.07 Å². The van der Waals surface area contributed by atoms with Crippen LogP contribution in [0.25, 0.3) is 0 Å². The number of amides is 1. The lowest BCUT2D eigenvalue weighted by Gasteiger charge is -2.23. The lowest BCUT2D eigenvalue weighted by molar-refractivity contribution is -0.146. The molecule has 1 rings (SSSR count). The van der Waals surface area contributed by atoms with Gasteiger partial charge in [0, 0.05) is 6.54 Å². The van der Waals surface area contributed by atoms with E-state index in [9.17, 15) is 14.0 Å². The zero-order chi connectivity index (χ0) is 13.0. The highest BCUT2D eigenvalue weighted by atomic mass is 79.9. The van der Waals surface area contributed by atoms with Crippen LogP contribution < -0.4 is 0 Å². The second-order valence-electron chi connectivity index (χ2n) is 3.35. The molecule has 1 amide bonds. The van der Waals surface area contributed by atoms with Gasteiger partial charge in [0.05, 0.1) is 4.47 Å². The number of carboxylic acid groups (broad SMARTS) is 1. The molecule has 17 heavy (non-hydrogen) atoms. The highest BCUT2D eigenvalue weighted by molar-refractivity contribution is 9.10. The topological polar surface area (TPSA) is 57.6 Å². The highest BCUT2D eigenvalue weighted by Crippen LogP contribution is 2.25. The Hall–Kier alpha value is -1.43. The first-order chi connectivity index (χ1) is 8.01. The number of rotatable bonds is 5. The minimum atomic E-state index is -1.16. The van der Waals surface area contributed by atoms with Crippen LogP contribution in [0.15, 0.2) is 22.7 Å². The van der Waals surface area contributed by atoms with E-state index in [2.05, 4.69) is 15.9 Å². The maximum absolute atomic E-state index is 13.1. The normalized spacial score (nSPS) is 11.9. The lowest BCUT2D eigenvalue weighted by Crippen LogP contribution is -2.32. The van der Waals surface area contributed by atoms with Gasteiger partial charge in [-0.3, -0.25) is 4.79 Å². The molecule has 92 valence electrons. The van der Waals surface area contributed by atoms with Crippen LogP contribution in [0.5, 0.6) is 0 Å². The van der Waals surface area contributed by atoms with Crippen LogP contribution in [0, 0.1) is 5.82 Å². The van der Waals surface area contributed by atoms with E-state index in [0.29, 0.717) is 12.0 Å². The highest BCUT2D eigenvalue weighted by Gasteiger charge is 2.25. The van der Waals surface area contributed by atoms with Crippen molar-refractivity contribution < 1.29 is 19.1 Å². The molecule has 0 fully saturated rings. The Morgan fingerprint density at radius 2 is 2.29 bits per heavy atom. The van der Waals surface area contributed by atoms with Crippen molar-refractivity contribution in [3.05, 3.63) is 34.1 Å². The van der Waals surface area contributed by atoms with Gasteiger partial charge in [-0.2, -0.15) is 0 Å². The minimum absolute atomic E-state index is 0.170. The van der Waals surface area contributed by atoms with E-state index in [1.165, 1.54) is 12.1 Å². The molecule has 0 saturated heterocycles. The summed E-state index contributed by atoms with van der Waals surface area (Å²) in [5, 5.41) is 9.11. The van der Waals surface area contributed by atoms with Crippen LogP contribution in [0.2, 0.25) is 0 Å². The van der Waals surface area contributed by atoms with Gasteiger partial charge in [-0.25, -0.2) is 9.18 Å². The van der Waals surface area contributed by atoms with Crippen molar-refractivity contribution >= 4 is 28.3 Å². The van der Waals surface area contributed by atoms with Crippen molar-refractivity contribution in [2.45, 2.75) is 13.0 Å². The van der Waals surface area contributed by atoms with Gasteiger partial charge < -0.3 is 10.0 Å². The van der Waals surface area contributed by atoms with Crippen LogP contribution in [0.1, 0.15) is 18.5 Å². The number of hydrogen-bond donors (Lipinski definition) is 1. The third-order valence-corrected chi connectivity index (χ3v) is 2.93. The van der Waals surface area contributed by atoms with Gasteiger partial charge in [0.1, 0.15) is 5.82 Å². The van der Waals surface area contributed by atoms with Gasteiger partial charge in [0.15, 0.2) is 6.04 Å². The van der Waals surface area contributed by atoms with E-state index in [1.54, 1.807) is 6.92 Å². The summed E-state index contributed by atoms with van der Waals surface area (Å²) in [5.74, 6) is -1.63. The van der Waals surface area contributed by atoms with Gasteiger partial charge in [0.2, 0.25) is 6.41 Å². The van der Waals surface area contributed by atoms with Crippen LogP contribution in [-0.4, -0.2) is 28.9 Å². The second-order valence-corrected chi connectivity index (χ2v) is 4.20. The van der Waals surface area contributed by atoms with E-state index in [4.69, 9.17) is 5.11 Å². The van der Waals surface area contributed by atoms with Gasteiger partial charge in [0.25, 0.3) is 0 Å². The molecule has 6 heteroatoms. The van der Waals surface area contributed by atoms with Gasteiger partial charge >= 0.3 is 5.97 Å². The van der Waals surface area contributed by atoms with Crippen molar-refractivity contribution in [1.82, 2.24) is 4.90 Å². The molecule has 0 aliphatic heterocycles. The number of benzene rings is 1. The Morgan fingerprint density at radius 3 is 2.71 bits per heavy atom. The molecule has 1 aromatic rings. The van der Waals surface area contributed by atoms with E-state index < -0.39 is 17.8 Å². The largest absolute Gasteiger partial charge is 0.479 e. The van der Waals surface area contributed by atoms with Crippen molar-refractivity contribution in [2.24, 2.45) is 0 Å². The van der Waals surface area contributed by atoms with Crippen LogP contribution in [-0.2, 0) is 9.59 Å². The third kappa shape index (κ3) is 3.03. The molecule has 0 aromatic heterocycles. The molecule has 0 aliphatic carbocycles. The fourth-order valence-corrected chi connectivity index (χ4v) is 1.87. The van der Waals surface area contributed by atoms with E-state index in [0.717, 1.165) is 11.0 Å². The van der Waals surface area contributed by atoms with E-state index in [-0.39, 0.29) is 11.0 Å². The molecular weight excluding hydrogens is 293 g/mol. The summed E-state index contributed by atoms with van der Waals surface area (Å²) in [5.41, 5.74) is 0.347. The SMILES string of the molecule is CCN(C=O)C(C(=O)O)c1ccc(F)c(Br)c1.